The SMILES string of the molecule is [Ni].[Pb].[Sb].[Sn]. The van der Waals surface area contributed by atoms with Gasteiger partial charge in [-0.1, -0.05) is 0 Å². The van der Waals surface area contributed by atoms with Crippen LogP contribution in [0.15, 0.2) is 0 Å². The van der Waals surface area contributed by atoms with Crippen molar-refractivity contribution in [2.75, 3.05) is 0 Å². The van der Waals surface area contributed by atoms with Crippen molar-refractivity contribution in [1.29, 1.82) is 0 Å². The molecular weight excluding hydrogens is 506 g/mol. The molecule has 0 unspecified atom stereocenters. The summed E-state index contributed by atoms with van der Waals surface area (Å²) in [5, 5.41) is 0. The molecule has 4 heteroatoms. The first kappa shape index (κ1) is 27.8. The van der Waals surface area contributed by atoms with Crippen LogP contribution in [0.3, 0.4) is 0 Å². The zero-order valence-electron chi connectivity index (χ0n) is 1.76. The van der Waals surface area contributed by atoms with Gasteiger partial charge in [0.15, 0.2) is 0 Å². The van der Waals surface area contributed by atoms with Crippen LogP contribution >= 0.6 is 0 Å². The van der Waals surface area contributed by atoms with Crippen molar-refractivity contribution in [3.05, 3.63) is 0 Å². The van der Waals surface area contributed by atoms with Gasteiger partial charge < -0.3 is 0 Å². The molecule has 0 aromatic rings. The zero-order valence-corrected chi connectivity index (χ0v) is 12.0. The average molecular weight is 506 g/mol. The van der Waals surface area contributed by atoms with Crippen molar-refractivity contribution in [1.82, 2.24) is 0 Å². The summed E-state index contributed by atoms with van der Waals surface area (Å²) in [5.41, 5.74) is 0. The van der Waals surface area contributed by atoms with E-state index < -0.39 is 0 Å². The van der Waals surface area contributed by atoms with Crippen LogP contribution in [0.2, 0.25) is 0 Å². The fourth-order valence-electron chi connectivity index (χ4n) is 0. The molecule has 0 spiro atoms. The standard InChI is InChI=1S/Ni.Pb.Sb.Sn. The normalized spacial score (nSPS) is 0. The van der Waals surface area contributed by atoms with Gasteiger partial charge in [0.05, 0.1) is 0 Å². The maximum absolute atomic E-state index is 0. The van der Waals surface area contributed by atoms with E-state index in [1.807, 2.05) is 0 Å². The van der Waals surface area contributed by atoms with Crippen LogP contribution in [0.4, 0.5) is 0 Å². The molecule has 0 aliphatic rings. The summed E-state index contributed by atoms with van der Waals surface area (Å²) in [4.78, 5) is 0. The predicted molar refractivity (Wildman–Crippen MR) is 17.3 cm³/mol. The van der Waals surface area contributed by atoms with Crippen LogP contribution in [0.1, 0.15) is 0 Å². The molecule has 0 atom stereocenters. The van der Waals surface area contributed by atoms with Gasteiger partial charge in [0.2, 0.25) is 0 Å². The summed E-state index contributed by atoms with van der Waals surface area (Å²) in [6, 6.07) is 0. The zero-order chi connectivity index (χ0) is 0. The van der Waals surface area contributed by atoms with E-state index in [2.05, 4.69) is 0 Å². The number of hydrogen-bond acceptors (Lipinski definition) is 0. The van der Waals surface area contributed by atoms with E-state index in [0.29, 0.717) is 0 Å². The molecule has 0 amide bonds. The summed E-state index contributed by atoms with van der Waals surface area (Å²) in [6.07, 6.45) is 0. The Hall–Kier alpha value is 3.03. The molecule has 0 bridgehead atoms. The van der Waals surface area contributed by atoms with Crippen molar-refractivity contribution < 1.29 is 16.5 Å². The van der Waals surface area contributed by atoms with Gasteiger partial charge in [0.25, 0.3) is 0 Å². The second kappa shape index (κ2) is 16.6. The molecule has 0 aromatic carbocycles. The Morgan fingerprint density at radius 3 is 1.00 bits per heavy atom. The van der Waals surface area contributed by atoms with Gasteiger partial charge in [-0.25, -0.2) is 0 Å². The third-order valence-corrected chi connectivity index (χ3v) is 0. The molecule has 0 nitrogen and oxygen atoms in total. The summed E-state index contributed by atoms with van der Waals surface area (Å²) >= 11 is 0. The molecular formula is NiPbSbSn. The minimum absolute atomic E-state index is 0. The summed E-state index contributed by atoms with van der Waals surface area (Å²) in [5.74, 6) is 0. The van der Waals surface area contributed by atoms with E-state index in [9.17, 15) is 0 Å². The first-order valence-corrected chi connectivity index (χ1v) is 0. The first-order valence-electron chi connectivity index (χ1n) is 0. The molecule has 0 aliphatic heterocycles. The molecule has 0 rings (SSSR count). The molecule has 0 aromatic heterocycles. The van der Waals surface area contributed by atoms with E-state index in [4.69, 9.17) is 0 Å². The number of hydrogen-bond donors (Lipinski definition) is 0. The molecule has 11 radical (unpaired) electrons. The van der Waals surface area contributed by atoms with Crippen LogP contribution in [-0.4, -0.2) is 75.6 Å². The van der Waals surface area contributed by atoms with Gasteiger partial charge in [-0.15, -0.1) is 0 Å². The van der Waals surface area contributed by atoms with Gasteiger partial charge in [0.1, 0.15) is 0 Å². The van der Waals surface area contributed by atoms with Gasteiger partial charge in [-0.2, -0.15) is 0 Å². The van der Waals surface area contributed by atoms with Crippen molar-refractivity contribution in [3.63, 3.8) is 0 Å². The molecule has 23 valence electrons. The Bertz CT molecular complexity index is 8.00. The minimum Gasteiger partial charge on any atom is 0 e. The summed E-state index contributed by atoms with van der Waals surface area (Å²) in [6.45, 7) is 0. The Kier molecular flexibility index (Phi) is 116. The van der Waals surface area contributed by atoms with Crippen LogP contribution in [-0.2, 0) is 16.5 Å². The molecule has 0 aliphatic carbocycles. The van der Waals surface area contributed by atoms with Crippen molar-refractivity contribution >= 4 is 75.6 Å². The Balaban J connectivity index is 0. The smallest absolute Gasteiger partial charge is 0 e. The largest absolute Gasteiger partial charge is 0 e. The predicted octanol–water partition coefficient (Wildman–Crippen LogP) is -1.14. The summed E-state index contributed by atoms with van der Waals surface area (Å²) < 4.78 is 0. The molecule has 0 fully saturated rings. The summed E-state index contributed by atoms with van der Waals surface area (Å²) in [7, 11) is 0. The molecule has 0 saturated carbocycles. The Morgan fingerprint density at radius 1 is 1.00 bits per heavy atom. The van der Waals surface area contributed by atoms with Crippen LogP contribution in [0.25, 0.3) is 0 Å². The number of rotatable bonds is 0. The first-order chi connectivity index (χ1) is 0. The van der Waals surface area contributed by atoms with E-state index in [1.165, 1.54) is 0 Å². The maximum atomic E-state index is 0. The van der Waals surface area contributed by atoms with Crippen LogP contribution in [0, 0.1) is 0 Å². The van der Waals surface area contributed by atoms with E-state index in [-0.39, 0.29) is 92.1 Å². The molecule has 0 N–H and O–H groups in total. The van der Waals surface area contributed by atoms with Gasteiger partial charge >= 0.3 is 0 Å². The van der Waals surface area contributed by atoms with Gasteiger partial charge in [-0.05, 0) is 0 Å². The molecule has 4 heavy (non-hydrogen) atoms. The van der Waals surface area contributed by atoms with Crippen molar-refractivity contribution in [3.8, 4) is 0 Å². The second-order valence-corrected chi connectivity index (χ2v) is 0. The monoisotopic (exact) mass is 507 g/mol. The van der Waals surface area contributed by atoms with Gasteiger partial charge in [-0.3, -0.25) is 0 Å². The Morgan fingerprint density at radius 2 is 1.00 bits per heavy atom. The Labute approximate surface area is 90.3 Å². The third kappa shape index (κ3) is 8.90. The van der Waals surface area contributed by atoms with Crippen LogP contribution < -0.4 is 0 Å². The molecule has 0 heterocycles. The van der Waals surface area contributed by atoms with Gasteiger partial charge in [0, 0.05) is 92.1 Å². The van der Waals surface area contributed by atoms with Crippen LogP contribution in [0.5, 0.6) is 0 Å². The fraction of sp³-hybridized carbons (Fsp3) is 0. The minimum atomic E-state index is 0. The van der Waals surface area contributed by atoms with Crippen molar-refractivity contribution in [2.45, 2.75) is 0 Å². The topological polar surface area (TPSA) is 0 Å². The molecule has 0 saturated heterocycles. The van der Waals surface area contributed by atoms with E-state index in [1.54, 1.807) is 0 Å². The van der Waals surface area contributed by atoms with E-state index >= 15 is 0 Å². The van der Waals surface area contributed by atoms with E-state index in [0.717, 1.165) is 0 Å². The quantitative estimate of drug-likeness (QED) is 0.365. The maximum Gasteiger partial charge on any atom is 0 e. The fourth-order valence-corrected chi connectivity index (χ4v) is 0. The third-order valence-electron chi connectivity index (χ3n) is 0. The van der Waals surface area contributed by atoms with Crippen molar-refractivity contribution in [2.24, 2.45) is 0 Å². The second-order valence-electron chi connectivity index (χ2n) is 0. The average Bonchev–Trinajstić information content (AvgIpc) is 0.